The predicted molar refractivity (Wildman–Crippen MR) is 69.0 cm³/mol. The van der Waals surface area contributed by atoms with Gasteiger partial charge >= 0.3 is 0 Å². The molecule has 0 bridgehead atoms. The van der Waals surface area contributed by atoms with Crippen molar-refractivity contribution >= 4 is 11.5 Å². The maximum absolute atomic E-state index is 5.98. The van der Waals surface area contributed by atoms with Crippen LogP contribution in [0.1, 0.15) is 25.5 Å². The van der Waals surface area contributed by atoms with Gasteiger partial charge in [-0.2, -0.15) is 5.10 Å². The lowest BCUT2D eigenvalue weighted by atomic mass is 10.00. The number of anilines is 2. The fourth-order valence-corrected chi connectivity index (χ4v) is 2.49. The maximum atomic E-state index is 5.98. The molecule has 1 fully saturated rings. The van der Waals surface area contributed by atoms with Crippen molar-refractivity contribution in [1.82, 2.24) is 9.78 Å². The fraction of sp³-hybridized carbons (Fsp3) is 0.750. The Morgan fingerprint density at radius 2 is 2.35 bits per heavy atom. The number of nitrogens with one attached hydrogen (secondary N) is 1. The van der Waals surface area contributed by atoms with Gasteiger partial charge in [0.1, 0.15) is 5.82 Å². The van der Waals surface area contributed by atoms with Crippen LogP contribution in [0.3, 0.4) is 0 Å². The molecule has 1 saturated heterocycles. The molecular weight excluding hydrogens is 216 g/mol. The van der Waals surface area contributed by atoms with Gasteiger partial charge in [-0.05, 0) is 19.8 Å². The van der Waals surface area contributed by atoms with E-state index in [1.807, 2.05) is 14.0 Å². The van der Waals surface area contributed by atoms with Gasteiger partial charge in [0.25, 0.3) is 0 Å². The third-order valence-corrected chi connectivity index (χ3v) is 3.55. The molecule has 96 valence electrons. The lowest BCUT2D eigenvalue weighted by molar-refractivity contribution is 0.0900. The summed E-state index contributed by atoms with van der Waals surface area (Å²) in [6.07, 6.45) is 2.59. The van der Waals surface area contributed by atoms with Crippen LogP contribution in [0.15, 0.2) is 0 Å². The average molecular weight is 238 g/mol. The molecule has 0 saturated carbocycles. The fourth-order valence-electron chi connectivity index (χ4n) is 2.49. The van der Waals surface area contributed by atoms with Crippen molar-refractivity contribution in [3.8, 4) is 0 Å². The summed E-state index contributed by atoms with van der Waals surface area (Å²) in [4.78, 5) is 0. The number of hydrogen-bond donors (Lipinski definition) is 2. The first-order valence-electron chi connectivity index (χ1n) is 6.28. The summed E-state index contributed by atoms with van der Waals surface area (Å²) in [7, 11) is 1.91. The summed E-state index contributed by atoms with van der Waals surface area (Å²) >= 11 is 0. The van der Waals surface area contributed by atoms with Gasteiger partial charge in [0, 0.05) is 26.1 Å². The predicted octanol–water partition coefficient (Wildman–Crippen LogP) is 1.54. The van der Waals surface area contributed by atoms with Crippen LogP contribution in [0.2, 0.25) is 0 Å². The van der Waals surface area contributed by atoms with Gasteiger partial charge in [-0.15, -0.1) is 0 Å². The molecule has 1 aromatic heterocycles. The van der Waals surface area contributed by atoms with E-state index in [4.69, 9.17) is 10.5 Å². The molecule has 5 nitrogen and oxygen atoms in total. The van der Waals surface area contributed by atoms with E-state index in [0.29, 0.717) is 12.0 Å². The number of nitrogens with zero attached hydrogens (tertiary/aromatic N) is 2. The molecule has 17 heavy (non-hydrogen) atoms. The molecule has 0 aromatic carbocycles. The van der Waals surface area contributed by atoms with Gasteiger partial charge < -0.3 is 15.8 Å². The Bertz CT molecular complexity index is 388. The average Bonchev–Trinajstić information content (AvgIpc) is 2.84. The third kappa shape index (κ3) is 2.39. The molecule has 1 aliphatic rings. The van der Waals surface area contributed by atoms with E-state index in [1.54, 1.807) is 4.68 Å². The van der Waals surface area contributed by atoms with E-state index >= 15 is 0 Å². The lowest BCUT2D eigenvalue weighted by Gasteiger charge is -2.18. The van der Waals surface area contributed by atoms with Crippen LogP contribution in [0.4, 0.5) is 11.5 Å². The first-order chi connectivity index (χ1) is 8.13. The first kappa shape index (κ1) is 12.2. The van der Waals surface area contributed by atoms with E-state index in [-0.39, 0.29) is 0 Å². The smallest absolute Gasteiger partial charge is 0.147 e. The minimum absolute atomic E-state index is 0.387. The molecule has 3 N–H and O–H groups in total. The highest BCUT2D eigenvalue weighted by Gasteiger charge is 2.26. The van der Waals surface area contributed by atoms with Crippen molar-refractivity contribution in [2.75, 3.05) is 24.2 Å². The number of aryl methyl sites for hydroxylation is 2. The number of rotatable bonds is 4. The van der Waals surface area contributed by atoms with E-state index in [9.17, 15) is 0 Å². The van der Waals surface area contributed by atoms with Crippen molar-refractivity contribution < 1.29 is 4.74 Å². The van der Waals surface area contributed by atoms with Gasteiger partial charge in [0.05, 0.1) is 17.5 Å². The van der Waals surface area contributed by atoms with Crippen LogP contribution >= 0.6 is 0 Å². The highest BCUT2D eigenvalue weighted by atomic mass is 16.5. The third-order valence-electron chi connectivity index (χ3n) is 3.55. The molecule has 0 amide bonds. The second-order valence-corrected chi connectivity index (χ2v) is 4.72. The van der Waals surface area contributed by atoms with Crippen LogP contribution in [0, 0.1) is 12.8 Å². The monoisotopic (exact) mass is 238 g/mol. The molecule has 0 spiro atoms. The molecule has 1 aliphatic heterocycles. The Balaban J connectivity index is 1.97. The van der Waals surface area contributed by atoms with Crippen LogP contribution in [-0.2, 0) is 11.8 Å². The highest BCUT2D eigenvalue weighted by molar-refractivity contribution is 5.64. The molecule has 2 rings (SSSR count). The van der Waals surface area contributed by atoms with Crippen molar-refractivity contribution in [1.29, 1.82) is 0 Å². The summed E-state index contributed by atoms with van der Waals surface area (Å²) in [5.74, 6) is 1.50. The Morgan fingerprint density at radius 1 is 1.59 bits per heavy atom. The molecule has 1 aromatic rings. The molecule has 0 radical (unpaired) electrons. The van der Waals surface area contributed by atoms with E-state index < -0.39 is 0 Å². The number of nitrogens with two attached hydrogens (primary N) is 1. The molecular formula is C12H22N4O. The minimum Gasteiger partial charge on any atom is -0.394 e. The maximum Gasteiger partial charge on any atom is 0.147 e. The largest absolute Gasteiger partial charge is 0.394 e. The van der Waals surface area contributed by atoms with E-state index in [0.717, 1.165) is 43.2 Å². The number of nitrogen functional groups attached to an aromatic ring is 1. The van der Waals surface area contributed by atoms with Crippen molar-refractivity contribution in [2.24, 2.45) is 13.0 Å². The topological polar surface area (TPSA) is 65.1 Å². The van der Waals surface area contributed by atoms with Crippen molar-refractivity contribution in [3.05, 3.63) is 5.69 Å². The Labute approximate surface area is 102 Å². The first-order valence-corrected chi connectivity index (χ1v) is 6.28. The summed E-state index contributed by atoms with van der Waals surface area (Å²) in [5.41, 5.74) is 7.61. The SMILES string of the molecule is CCC1OCCC1CNc1c(N)c(C)nn1C. The van der Waals surface area contributed by atoms with E-state index in [2.05, 4.69) is 17.3 Å². The Morgan fingerprint density at radius 3 is 2.94 bits per heavy atom. The number of ether oxygens (including phenoxy) is 1. The summed E-state index contributed by atoms with van der Waals surface area (Å²) in [5, 5.41) is 7.70. The van der Waals surface area contributed by atoms with Gasteiger partial charge in [-0.3, -0.25) is 4.68 Å². The number of hydrogen-bond acceptors (Lipinski definition) is 4. The van der Waals surface area contributed by atoms with Crippen LogP contribution < -0.4 is 11.1 Å². The summed E-state index contributed by atoms with van der Waals surface area (Å²) in [6.45, 7) is 5.88. The quantitative estimate of drug-likeness (QED) is 0.835. The Kier molecular flexibility index (Phi) is 3.57. The van der Waals surface area contributed by atoms with Gasteiger partial charge in [-0.25, -0.2) is 0 Å². The zero-order valence-corrected chi connectivity index (χ0v) is 10.9. The van der Waals surface area contributed by atoms with Crippen molar-refractivity contribution in [3.63, 3.8) is 0 Å². The van der Waals surface area contributed by atoms with Crippen molar-refractivity contribution in [2.45, 2.75) is 32.8 Å². The van der Waals surface area contributed by atoms with Crippen LogP contribution in [0.5, 0.6) is 0 Å². The number of aromatic nitrogens is 2. The lowest BCUT2D eigenvalue weighted by Crippen LogP contribution is -2.23. The normalized spacial score (nSPS) is 24.2. The summed E-state index contributed by atoms with van der Waals surface area (Å²) < 4.78 is 7.48. The highest BCUT2D eigenvalue weighted by Crippen LogP contribution is 2.26. The molecule has 2 heterocycles. The molecule has 5 heteroatoms. The second kappa shape index (κ2) is 4.96. The van der Waals surface area contributed by atoms with E-state index in [1.165, 1.54) is 0 Å². The van der Waals surface area contributed by atoms with Gasteiger partial charge in [0.15, 0.2) is 0 Å². The zero-order chi connectivity index (χ0) is 12.4. The molecule has 0 aliphatic carbocycles. The minimum atomic E-state index is 0.387. The zero-order valence-electron chi connectivity index (χ0n) is 10.9. The Hall–Kier alpha value is -1.23. The van der Waals surface area contributed by atoms with Crippen LogP contribution in [0.25, 0.3) is 0 Å². The van der Waals surface area contributed by atoms with Gasteiger partial charge in [0.2, 0.25) is 0 Å². The van der Waals surface area contributed by atoms with Crippen LogP contribution in [-0.4, -0.2) is 29.0 Å². The van der Waals surface area contributed by atoms with Gasteiger partial charge in [-0.1, -0.05) is 6.92 Å². The second-order valence-electron chi connectivity index (χ2n) is 4.72. The molecule has 2 unspecified atom stereocenters. The molecule has 2 atom stereocenters. The standard InChI is InChI=1S/C12H22N4O/c1-4-10-9(5-6-17-10)7-14-12-11(13)8(2)15-16(12)3/h9-10,14H,4-7,13H2,1-3H3. The summed E-state index contributed by atoms with van der Waals surface area (Å²) in [6, 6.07) is 0.